The Labute approximate surface area is 207 Å². The fourth-order valence-corrected chi connectivity index (χ4v) is 5.55. The number of benzene rings is 4. The van der Waals surface area contributed by atoms with E-state index in [1.165, 1.54) is 16.9 Å². The zero-order valence-corrected chi connectivity index (χ0v) is 20.0. The molecule has 2 heterocycles. The monoisotopic (exact) mass is 470 g/mol. The molecule has 4 heteroatoms. The fraction of sp³-hybridized carbons (Fsp3) is 0.0323. The van der Waals surface area contributed by atoms with Crippen molar-refractivity contribution < 1.29 is 4.79 Å². The molecule has 0 aliphatic carbocycles. The molecule has 0 spiro atoms. The van der Waals surface area contributed by atoms with Gasteiger partial charge in [-0.3, -0.25) is 4.79 Å². The number of fused-ring (bicyclic) bond motifs is 2. The maximum absolute atomic E-state index is 13.6. The van der Waals surface area contributed by atoms with Crippen molar-refractivity contribution in [2.24, 2.45) is 0 Å². The van der Waals surface area contributed by atoms with E-state index in [1.807, 2.05) is 72.8 Å². The van der Waals surface area contributed by atoms with E-state index in [0.717, 1.165) is 43.4 Å². The predicted octanol–water partition coefficient (Wildman–Crippen LogP) is 7.91. The van der Waals surface area contributed by atoms with Crippen LogP contribution in [0.25, 0.3) is 43.4 Å². The average Bonchev–Trinajstić information content (AvgIpc) is 3.24. The van der Waals surface area contributed by atoms with Crippen molar-refractivity contribution >= 4 is 43.8 Å². The number of nitrogens with two attached hydrogens (primary N) is 1. The summed E-state index contributed by atoms with van der Waals surface area (Å²) < 4.78 is 0. The van der Waals surface area contributed by atoms with E-state index < -0.39 is 0 Å². The Balaban J connectivity index is 1.56. The van der Waals surface area contributed by atoms with Crippen LogP contribution in [0.5, 0.6) is 0 Å². The molecule has 0 bridgehead atoms. The number of hydrogen-bond acceptors (Lipinski definition) is 4. The van der Waals surface area contributed by atoms with E-state index in [-0.39, 0.29) is 5.78 Å². The normalized spacial score (nSPS) is 11.2. The van der Waals surface area contributed by atoms with Crippen LogP contribution in [0.15, 0.2) is 103 Å². The van der Waals surface area contributed by atoms with Crippen LogP contribution >= 0.6 is 11.3 Å². The van der Waals surface area contributed by atoms with Gasteiger partial charge in [-0.05, 0) is 41.0 Å². The number of carbonyl (C=O) groups is 1. The first-order chi connectivity index (χ1) is 17.1. The summed E-state index contributed by atoms with van der Waals surface area (Å²) in [5.74, 6) is -0.0765. The summed E-state index contributed by atoms with van der Waals surface area (Å²) in [5.41, 5.74) is 12.9. The van der Waals surface area contributed by atoms with Crippen LogP contribution in [0.2, 0.25) is 0 Å². The van der Waals surface area contributed by atoms with Gasteiger partial charge in [0.1, 0.15) is 9.71 Å². The molecule has 35 heavy (non-hydrogen) atoms. The first-order valence-electron chi connectivity index (χ1n) is 11.5. The highest BCUT2D eigenvalue weighted by molar-refractivity contribution is 7.21. The molecular formula is C31H22N2OS. The highest BCUT2D eigenvalue weighted by atomic mass is 32.1. The molecule has 6 rings (SSSR count). The first-order valence-corrected chi connectivity index (χ1v) is 12.3. The molecule has 0 fully saturated rings. The molecule has 2 aromatic heterocycles. The minimum atomic E-state index is -0.0765. The van der Waals surface area contributed by atoms with E-state index in [4.69, 9.17) is 10.7 Å². The number of ketones is 1. The van der Waals surface area contributed by atoms with Crippen LogP contribution in [0, 0.1) is 6.92 Å². The van der Waals surface area contributed by atoms with Crippen LogP contribution in [0.3, 0.4) is 0 Å². The third-order valence-corrected chi connectivity index (χ3v) is 7.45. The maximum atomic E-state index is 13.6. The fourth-order valence-electron chi connectivity index (χ4n) is 4.47. The lowest BCUT2D eigenvalue weighted by molar-refractivity contribution is 0.104. The predicted molar refractivity (Wildman–Crippen MR) is 147 cm³/mol. The first kappa shape index (κ1) is 21.3. The molecule has 0 aliphatic rings. The minimum absolute atomic E-state index is 0.0765. The van der Waals surface area contributed by atoms with Crippen molar-refractivity contribution in [3.05, 3.63) is 119 Å². The van der Waals surface area contributed by atoms with Crippen molar-refractivity contribution in [2.45, 2.75) is 6.92 Å². The van der Waals surface area contributed by atoms with Gasteiger partial charge in [-0.2, -0.15) is 0 Å². The highest BCUT2D eigenvalue weighted by Gasteiger charge is 2.22. The Hall–Kier alpha value is -4.28. The standard InChI is InChI=1S/C31H22N2OS/c1-19-11-13-21(14-12-19)25-18-26(22-8-3-2-4-9-22)33-31-27(25)28(32)30(35-31)29(34)24-16-15-20-7-5-6-10-23(20)17-24/h2-18H,32H2,1H3. The second-order valence-electron chi connectivity index (χ2n) is 8.70. The molecule has 0 atom stereocenters. The Morgan fingerprint density at radius 1 is 0.771 bits per heavy atom. The lowest BCUT2D eigenvalue weighted by Crippen LogP contribution is -2.02. The van der Waals surface area contributed by atoms with Crippen LogP contribution in [-0.2, 0) is 0 Å². The second-order valence-corrected chi connectivity index (χ2v) is 9.70. The summed E-state index contributed by atoms with van der Waals surface area (Å²) in [5, 5.41) is 2.97. The van der Waals surface area contributed by atoms with Gasteiger partial charge in [-0.15, -0.1) is 11.3 Å². The van der Waals surface area contributed by atoms with Gasteiger partial charge in [0.2, 0.25) is 5.78 Å². The van der Waals surface area contributed by atoms with Gasteiger partial charge in [0.05, 0.1) is 11.4 Å². The molecule has 0 radical (unpaired) electrons. The molecule has 3 nitrogen and oxygen atoms in total. The van der Waals surface area contributed by atoms with Crippen LogP contribution in [0.4, 0.5) is 5.69 Å². The number of nitrogens with zero attached hydrogens (tertiary/aromatic N) is 1. The number of pyridine rings is 1. The lowest BCUT2D eigenvalue weighted by Gasteiger charge is -2.09. The number of nitrogen functional groups attached to an aromatic ring is 1. The second kappa shape index (κ2) is 8.49. The van der Waals surface area contributed by atoms with E-state index in [9.17, 15) is 4.79 Å². The largest absolute Gasteiger partial charge is 0.397 e. The number of aryl methyl sites for hydroxylation is 1. The maximum Gasteiger partial charge on any atom is 0.205 e. The van der Waals surface area contributed by atoms with E-state index >= 15 is 0 Å². The quantitative estimate of drug-likeness (QED) is 0.266. The topological polar surface area (TPSA) is 56.0 Å². The molecule has 2 N–H and O–H groups in total. The van der Waals surface area contributed by atoms with Gasteiger partial charge in [0, 0.05) is 16.5 Å². The summed E-state index contributed by atoms with van der Waals surface area (Å²) in [6.07, 6.45) is 0. The van der Waals surface area contributed by atoms with Crippen molar-refractivity contribution in [3.8, 4) is 22.4 Å². The van der Waals surface area contributed by atoms with Crippen LogP contribution in [0.1, 0.15) is 20.8 Å². The molecule has 6 aromatic rings. The van der Waals surface area contributed by atoms with Crippen molar-refractivity contribution in [3.63, 3.8) is 0 Å². The molecule has 0 saturated heterocycles. The lowest BCUT2D eigenvalue weighted by atomic mass is 9.98. The van der Waals surface area contributed by atoms with Gasteiger partial charge in [0.25, 0.3) is 0 Å². The zero-order chi connectivity index (χ0) is 23.9. The molecular weight excluding hydrogens is 448 g/mol. The van der Waals surface area contributed by atoms with E-state index in [1.54, 1.807) is 0 Å². The Kier molecular flexibility index (Phi) is 5.16. The van der Waals surface area contributed by atoms with Gasteiger partial charge in [-0.25, -0.2) is 4.98 Å². The minimum Gasteiger partial charge on any atom is -0.397 e. The summed E-state index contributed by atoms with van der Waals surface area (Å²) in [6, 6.07) is 34.4. The highest BCUT2D eigenvalue weighted by Crippen LogP contribution is 2.42. The Bertz CT molecular complexity index is 1720. The van der Waals surface area contributed by atoms with Gasteiger partial charge in [-0.1, -0.05) is 96.6 Å². The molecule has 0 unspecified atom stereocenters. The summed E-state index contributed by atoms with van der Waals surface area (Å²) >= 11 is 1.37. The summed E-state index contributed by atoms with van der Waals surface area (Å²) in [7, 11) is 0. The smallest absolute Gasteiger partial charge is 0.205 e. The van der Waals surface area contributed by atoms with Crippen molar-refractivity contribution in [1.29, 1.82) is 0 Å². The average molecular weight is 471 g/mol. The third kappa shape index (κ3) is 3.78. The summed E-state index contributed by atoms with van der Waals surface area (Å²) in [6.45, 7) is 2.07. The zero-order valence-electron chi connectivity index (χ0n) is 19.2. The number of thiophene rings is 1. The number of rotatable bonds is 4. The van der Waals surface area contributed by atoms with Gasteiger partial charge < -0.3 is 5.73 Å². The van der Waals surface area contributed by atoms with Crippen molar-refractivity contribution in [1.82, 2.24) is 4.98 Å². The molecule has 0 saturated carbocycles. The Morgan fingerprint density at radius 3 is 2.26 bits per heavy atom. The van der Waals surface area contributed by atoms with Gasteiger partial charge >= 0.3 is 0 Å². The van der Waals surface area contributed by atoms with Crippen LogP contribution < -0.4 is 5.73 Å². The number of carbonyl (C=O) groups excluding carboxylic acids is 1. The van der Waals surface area contributed by atoms with Gasteiger partial charge in [0.15, 0.2) is 0 Å². The molecule has 0 amide bonds. The number of aromatic nitrogens is 1. The third-order valence-electron chi connectivity index (χ3n) is 6.35. The van der Waals surface area contributed by atoms with E-state index in [0.29, 0.717) is 16.1 Å². The van der Waals surface area contributed by atoms with Crippen molar-refractivity contribution in [2.75, 3.05) is 5.73 Å². The SMILES string of the molecule is Cc1ccc(-c2cc(-c3ccccc3)nc3sc(C(=O)c4ccc5ccccc5c4)c(N)c23)cc1. The number of anilines is 1. The summed E-state index contributed by atoms with van der Waals surface area (Å²) in [4.78, 5) is 19.9. The van der Waals surface area contributed by atoms with E-state index in [2.05, 4.69) is 37.3 Å². The Morgan fingerprint density at radius 2 is 1.49 bits per heavy atom. The molecule has 168 valence electrons. The van der Waals surface area contributed by atoms with Crippen LogP contribution in [-0.4, -0.2) is 10.8 Å². The molecule has 0 aliphatic heterocycles. The number of hydrogen-bond donors (Lipinski definition) is 1. The molecule has 4 aromatic carbocycles.